The van der Waals surface area contributed by atoms with E-state index >= 15 is 0 Å². The van der Waals surface area contributed by atoms with Gasteiger partial charge >= 0.3 is 0 Å². The van der Waals surface area contributed by atoms with E-state index in [4.69, 9.17) is 16.1 Å². The average molecular weight is 402 g/mol. The summed E-state index contributed by atoms with van der Waals surface area (Å²) in [6.45, 7) is 5.13. The highest BCUT2D eigenvalue weighted by Crippen LogP contribution is 2.40. The van der Waals surface area contributed by atoms with Gasteiger partial charge in [-0.15, -0.1) is 0 Å². The molecule has 0 aliphatic carbocycles. The predicted molar refractivity (Wildman–Crippen MR) is 106 cm³/mol. The Hall–Kier alpha value is -2.34. The van der Waals surface area contributed by atoms with Gasteiger partial charge in [-0.3, -0.25) is 9.59 Å². The van der Waals surface area contributed by atoms with Gasteiger partial charge < -0.3 is 14.3 Å². The van der Waals surface area contributed by atoms with E-state index in [2.05, 4.69) is 12.1 Å². The largest absolute Gasteiger partial charge is 0.350 e. The molecule has 4 rings (SSSR count). The van der Waals surface area contributed by atoms with Crippen LogP contribution in [0.15, 0.2) is 34.9 Å². The number of halogens is 1. The summed E-state index contributed by atoms with van der Waals surface area (Å²) >= 11 is 6.24. The van der Waals surface area contributed by atoms with E-state index in [1.54, 1.807) is 19.1 Å². The number of hydrogen-bond donors (Lipinski definition) is 0. The van der Waals surface area contributed by atoms with Crippen molar-refractivity contribution in [2.24, 2.45) is 0 Å². The molecule has 0 bridgehead atoms. The maximum atomic E-state index is 13.3. The van der Waals surface area contributed by atoms with Gasteiger partial charge in [-0.25, -0.2) is 0 Å². The molecule has 28 heavy (non-hydrogen) atoms. The summed E-state index contributed by atoms with van der Waals surface area (Å²) in [6.07, 6.45) is 3.54. The topological polar surface area (TPSA) is 66.7 Å². The average Bonchev–Trinajstić information content (AvgIpc) is 3.16. The second kappa shape index (κ2) is 7.24. The van der Waals surface area contributed by atoms with E-state index < -0.39 is 0 Å². The molecule has 2 aromatic rings. The van der Waals surface area contributed by atoms with Gasteiger partial charge in [0.1, 0.15) is 5.69 Å². The first-order chi connectivity index (χ1) is 13.4. The lowest BCUT2D eigenvalue weighted by Crippen LogP contribution is -2.67. The molecule has 2 saturated heterocycles. The van der Waals surface area contributed by atoms with Crippen molar-refractivity contribution >= 4 is 23.4 Å². The lowest BCUT2D eigenvalue weighted by atomic mass is 9.76. The van der Waals surface area contributed by atoms with E-state index in [0.29, 0.717) is 17.3 Å². The van der Waals surface area contributed by atoms with Crippen molar-refractivity contribution in [3.05, 3.63) is 41.1 Å². The molecule has 0 spiro atoms. The Morgan fingerprint density at radius 1 is 1.25 bits per heavy atom. The third kappa shape index (κ3) is 3.09. The van der Waals surface area contributed by atoms with Crippen LogP contribution in [-0.4, -0.2) is 51.4 Å². The number of hydrogen-bond acceptors (Lipinski definition) is 4. The minimum absolute atomic E-state index is 0.0136. The Balaban J connectivity index is 1.62. The van der Waals surface area contributed by atoms with Crippen molar-refractivity contribution in [3.8, 4) is 11.3 Å². The fourth-order valence-electron chi connectivity index (χ4n) is 4.82. The maximum Gasteiger partial charge on any atom is 0.292 e. The van der Waals surface area contributed by atoms with Crippen LogP contribution in [0.3, 0.4) is 0 Å². The standard InChI is InChI=1S/C21H24ClN3O3/c1-14(26)25-12-5-9-19-21(25,2)10-6-11-24(19)20(27)18-13-17(23-28-18)15-7-3-4-8-16(15)22/h3-4,7-8,13,19H,5-6,9-12H2,1-2H3/t19-,21+/m1/s1. The normalized spacial score (nSPS) is 24.8. The number of piperidine rings is 2. The van der Waals surface area contributed by atoms with E-state index in [1.165, 1.54) is 0 Å². The van der Waals surface area contributed by atoms with Crippen LogP contribution in [0.4, 0.5) is 0 Å². The van der Waals surface area contributed by atoms with Crippen LogP contribution in [0.2, 0.25) is 5.02 Å². The molecule has 3 heterocycles. The maximum absolute atomic E-state index is 13.3. The number of carbonyl (C=O) groups is 2. The van der Waals surface area contributed by atoms with E-state index in [9.17, 15) is 9.59 Å². The number of likely N-dealkylation sites (tertiary alicyclic amines) is 2. The van der Waals surface area contributed by atoms with Gasteiger partial charge in [0.15, 0.2) is 0 Å². The van der Waals surface area contributed by atoms with E-state index in [-0.39, 0.29) is 29.2 Å². The molecule has 2 aliphatic rings. The summed E-state index contributed by atoms with van der Waals surface area (Å²) in [5, 5.41) is 4.62. The smallest absolute Gasteiger partial charge is 0.292 e. The number of rotatable bonds is 2. The number of benzene rings is 1. The Morgan fingerprint density at radius 3 is 2.79 bits per heavy atom. The van der Waals surface area contributed by atoms with Crippen LogP contribution in [0.25, 0.3) is 11.3 Å². The molecular weight excluding hydrogens is 378 g/mol. The van der Waals surface area contributed by atoms with Crippen LogP contribution in [0, 0.1) is 0 Å². The molecule has 2 amide bonds. The quantitative estimate of drug-likeness (QED) is 0.762. The lowest BCUT2D eigenvalue weighted by molar-refractivity contribution is -0.143. The minimum Gasteiger partial charge on any atom is -0.350 e. The fraction of sp³-hybridized carbons (Fsp3) is 0.476. The summed E-state index contributed by atoms with van der Waals surface area (Å²) in [4.78, 5) is 29.2. The summed E-state index contributed by atoms with van der Waals surface area (Å²) < 4.78 is 5.40. The van der Waals surface area contributed by atoms with Gasteiger partial charge in [0, 0.05) is 31.6 Å². The summed E-state index contributed by atoms with van der Waals surface area (Å²) in [7, 11) is 0. The first-order valence-corrected chi connectivity index (χ1v) is 10.1. The molecule has 1 aromatic heterocycles. The van der Waals surface area contributed by atoms with Crippen LogP contribution < -0.4 is 0 Å². The summed E-state index contributed by atoms with van der Waals surface area (Å²) in [5.74, 6) is 0.105. The zero-order valence-electron chi connectivity index (χ0n) is 16.2. The van der Waals surface area contributed by atoms with Crippen LogP contribution in [-0.2, 0) is 4.79 Å². The third-order valence-corrected chi connectivity index (χ3v) is 6.49. The van der Waals surface area contributed by atoms with Crippen LogP contribution in [0.1, 0.15) is 50.1 Å². The Kier molecular flexibility index (Phi) is 4.91. The molecule has 1 aromatic carbocycles. The molecule has 0 N–H and O–H groups in total. The molecule has 7 heteroatoms. The molecule has 0 unspecified atom stereocenters. The highest BCUT2D eigenvalue weighted by Gasteiger charge is 2.50. The van der Waals surface area contributed by atoms with Gasteiger partial charge in [-0.05, 0) is 38.7 Å². The summed E-state index contributed by atoms with van der Waals surface area (Å²) in [6, 6.07) is 8.98. The van der Waals surface area contributed by atoms with Crippen molar-refractivity contribution < 1.29 is 14.1 Å². The van der Waals surface area contributed by atoms with E-state index in [1.807, 2.05) is 28.0 Å². The highest BCUT2D eigenvalue weighted by molar-refractivity contribution is 6.33. The Bertz CT molecular complexity index is 912. The molecule has 2 aliphatic heterocycles. The van der Waals surface area contributed by atoms with Gasteiger partial charge in [0.25, 0.3) is 5.91 Å². The molecular formula is C21H24ClN3O3. The van der Waals surface area contributed by atoms with E-state index in [0.717, 1.165) is 37.8 Å². The molecule has 6 nitrogen and oxygen atoms in total. The minimum atomic E-state index is -0.330. The zero-order valence-corrected chi connectivity index (χ0v) is 16.9. The predicted octanol–water partition coefficient (Wildman–Crippen LogP) is 4.00. The highest BCUT2D eigenvalue weighted by atomic mass is 35.5. The number of nitrogens with zero attached hydrogens (tertiary/aromatic N) is 3. The third-order valence-electron chi connectivity index (χ3n) is 6.16. The van der Waals surface area contributed by atoms with Gasteiger partial charge in [0.05, 0.1) is 16.6 Å². The second-order valence-corrected chi connectivity index (χ2v) is 8.25. The molecule has 0 radical (unpaired) electrons. The van der Waals surface area contributed by atoms with Gasteiger partial charge in [-0.2, -0.15) is 0 Å². The molecule has 148 valence electrons. The Labute approximate surface area is 169 Å². The zero-order chi connectivity index (χ0) is 19.9. The number of aromatic nitrogens is 1. The summed E-state index contributed by atoms with van der Waals surface area (Å²) in [5.41, 5.74) is 0.947. The molecule has 2 atom stereocenters. The lowest BCUT2D eigenvalue weighted by Gasteiger charge is -2.56. The second-order valence-electron chi connectivity index (χ2n) is 7.84. The van der Waals surface area contributed by atoms with Crippen molar-refractivity contribution in [2.45, 2.75) is 51.1 Å². The first-order valence-electron chi connectivity index (χ1n) is 9.72. The van der Waals surface area contributed by atoms with Crippen molar-refractivity contribution in [1.82, 2.24) is 15.0 Å². The molecule has 2 fully saturated rings. The molecule has 0 saturated carbocycles. The van der Waals surface area contributed by atoms with Gasteiger partial charge in [-0.1, -0.05) is 35.0 Å². The van der Waals surface area contributed by atoms with Crippen molar-refractivity contribution in [1.29, 1.82) is 0 Å². The van der Waals surface area contributed by atoms with Crippen molar-refractivity contribution in [2.75, 3.05) is 13.1 Å². The fourth-order valence-corrected chi connectivity index (χ4v) is 5.05. The SMILES string of the molecule is CC(=O)N1CCC[C@H]2N(C(=O)c3cc(-c4ccccc4Cl)no3)CCC[C@@]21C. The Morgan fingerprint density at radius 2 is 2.04 bits per heavy atom. The number of amides is 2. The number of fused-ring (bicyclic) bond motifs is 1. The van der Waals surface area contributed by atoms with Crippen molar-refractivity contribution in [3.63, 3.8) is 0 Å². The van der Waals surface area contributed by atoms with Crippen LogP contribution >= 0.6 is 11.6 Å². The monoisotopic (exact) mass is 401 g/mol. The number of carbonyl (C=O) groups excluding carboxylic acids is 2. The van der Waals surface area contributed by atoms with Crippen LogP contribution in [0.5, 0.6) is 0 Å². The first kappa shape index (κ1) is 19.0. The van der Waals surface area contributed by atoms with Gasteiger partial charge in [0.2, 0.25) is 11.7 Å².